The Hall–Kier alpha value is -1.87. The molecular weight excluding hydrogens is 214 g/mol. The lowest BCUT2D eigenvalue weighted by molar-refractivity contribution is 0.0748. The zero-order valence-corrected chi connectivity index (χ0v) is 9.71. The van der Waals surface area contributed by atoms with Crippen molar-refractivity contribution in [2.24, 2.45) is 7.05 Å². The molecule has 0 saturated heterocycles. The van der Waals surface area contributed by atoms with Crippen molar-refractivity contribution >= 4 is 5.78 Å². The maximum absolute atomic E-state index is 11.9. The van der Waals surface area contributed by atoms with E-state index in [9.17, 15) is 9.90 Å². The summed E-state index contributed by atoms with van der Waals surface area (Å²) in [6.07, 6.45) is 3.19. The number of aliphatic hydroxyl groups excluding tert-OH is 1. The Kier molecular flexibility index (Phi) is 3.40. The molecular formula is C14H15NO2. The number of hydrogen-bond acceptors (Lipinski definition) is 2. The van der Waals surface area contributed by atoms with Crippen LogP contribution in [0.2, 0.25) is 0 Å². The number of Topliss-reactive ketones (excluding diaryl/α,β-unsaturated/α-hetero) is 1. The Morgan fingerprint density at radius 1 is 1.29 bits per heavy atom. The van der Waals surface area contributed by atoms with Crippen LogP contribution in [0.3, 0.4) is 0 Å². The molecule has 0 amide bonds. The zero-order chi connectivity index (χ0) is 12.3. The number of carbonyl (C=O) groups excluding carboxylic acids is 1. The van der Waals surface area contributed by atoms with Crippen LogP contribution in [0, 0.1) is 0 Å². The van der Waals surface area contributed by atoms with Crippen LogP contribution >= 0.6 is 0 Å². The molecule has 0 fully saturated rings. The Morgan fingerprint density at radius 2 is 2.00 bits per heavy atom. The van der Waals surface area contributed by atoms with Gasteiger partial charge in [0.2, 0.25) is 0 Å². The summed E-state index contributed by atoms with van der Waals surface area (Å²) < 4.78 is 1.90. The first kappa shape index (κ1) is 11.6. The van der Waals surface area contributed by atoms with Gasteiger partial charge in [0.25, 0.3) is 0 Å². The zero-order valence-electron chi connectivity index (χ0n) is 9.71. The molecule has 1 heterocycles. The molecule has 0 radical (unpaired) electrons. The average Bonchev–Trinajstić information content (AvgIpc) is 2.75. The van der Waals surface area contributed by atoms with Crippen LogP contribution in [0.25, 0.3) is 0 Å². The molecule has 3 heteroatoms. The Bertz CT molecular complexity index is 502. The fourth-order valence-corrected chi connectivity index (χ4v) is 1.79. The summed E-state index contributed by atoms with van der Waals surface area (Å²) in [5.41, 5.74) is 1.51. The van der Waals surface area contributed by atoms with Crippen LogP contribution in [-0.2, 0) is 13.5 Å². The normalized spacial score (nSPS) is 12.4. The Labute approximate surface area is 100 Å². The topological polar surface area (TPSA) is 42.2 Å². The lowest BCUT2D eigenvalue weighted by Crippen LogP contribution is -2.22. The maximum atomic E-state index is 11.9. The second-order valence-corrected chi connectivity index (χ2v) is 4.14. The highest BCUT2D eigenvalue weighted by Crippen LogP contribution is 2.09. The number of benzene rings is 1. The fourth-order valence-electron chi connectivity index (χ4n) is 1.79. The van der Waals surface area contributed by atoms with Crippen LogP contribution < -0.4 is 0 Å². The van der Waals surface area contributed by atoms with E-state index >= 15 is 0 Å². The van der Waals surface area contributed by atoms with Crippen LogP contribution in [-0.4, -0.2) is 21.6 Å². The van der Waals surface area contributed by atoms with Crippen molar-refractivity contribution in [2.45, 2.75) is 12.5 Å². The highest BCUT2D eigenvalue weighted by molar-refractivity contribution is 5.99. The fraction of sp³-hybridized carbons (Fsp3) is 0.214. The predicted octanol–water partition coefficient (Wildman–Crippen LogP) is 1.81. The van der Waals surface area contributed by atoms with Crippen molar-refractivity contribution in [2.75, 3.05) is 0 Å². The number of aliphatic hydroxyl groups is 1. The van der Waals surface area contributed by atoms with E-state index in [2.05, 4.69) is 0 Å². The van der Waals surface area contributed by atoms with Crippen LogP contribution in [0.4, 0.5) is 0 Å². The molecule has 0 spiro atoms. The quantitative estimate of drug-likeness (QED) is 0.812. The van der Waals surface area contributed by atoms with Crippen LogP contribution in [0.1, 0.15) is 15.9 Å². The van der Waals surface area contributed by atoms with E-state index in [1.807, 2.05) is 36.1 Å². The molecule has 1 unspecified atom stereocenters. The van der Waals surface area contributed by atoms with Crippen molar-refractivity contribution in [3.8, 4) is 0 Å². The van der Waals surface area contributed by atoms with E-state index in [1.54, 1.807) is 24.3 Å². The molecule has 2 rings (SSSR count). The standard InChI is InChI=1S/C14H15NO2/c1-15-8-7-11(10-15)9-13(16)14(17)12-5-3-2-4-6-12/h2-8,10,13,16H,9H2,1H3. The predicted molar refractivity (Wildman–Crippen MR) is 65.9 cm³/mol. The highest BCUT2D eigenvalue weighted by atomic mass is 16.3. The third-order valence-electron chi connectivity index (χ3n) is 2.68. The minimum absolute atomic E-state index is 0.227. The van der Waals surface area contributed by atoms with E-state index in [0.29, 0.717) is 12.0 Å². The molecule has 1 atom stereocenters. The minimum Gasteiger partial charge on any atom is -0.385 e. The van der Waals surface area contributed by atoms with Crippen LogP contribution in [0.5, 0.6) is 0 Å². The number of ketones is 1. The van der Waals surface area contributed by atoms with Gasteiger partial charge in [0.15, 0.2) is 5.78 Å². The van der Waals surface area contributed by atoms with Crippen molar-refractivity contribution < 1.29 is 9.90 Å². The molecule has 0 aliphatic carbocycles. The number of aromatic nitrogens is 1. The van der Waals surface area contributed by atoms with E-state index < -0.39 is 6.10 Å². The molecule has 1 aromatic carbocycles. The second kappa shape index (κ2) is 4.97. The summed E-state index contributed by atoms with van der Waals surface area (Å²) in [6, 6.07) is 10.8. The van der Waals surface area contributed by atoms with E-state index in [-0.39, 0.29) is 5.78 Å². The van der Waals surface area contributed by atoms with Crippen molar-refractivity contribution in [3.05, 3.63) is 59.9 Å². The van der Waals surface area contributed by atoms with Gasteiger partial charge in [-0.2, -0.15) is 0 Å². The lowest BCUT2D eigenvalue weighted by Gasteiger charge is -2.08. The number of aryl methyl sites for hydroxylation is 1. The summed E-state index contributed by atoms with van der Waals surface area (Å²) >= 11 is 0. The van der Waals surface area contributed by atoms with Crippen LogP contribution in [0.15, 0.2) is 48.8 Å². The van der Waals surface area contributed by atoms with Gasteiger partial charge in [-0.15, -0.1) is 0 Å². The monoisotopic (exact) mass is 229 g/mol. The van der Waals surface area contributed by atoms with Gasteiger partial charge in [-0.25, -0.2) is 0 Å². The SMILES string of the molecule is Cn1ccc(CC(O)C(=O)c2ccccc2)c1. The Balaban J connectivity index is 2.06. The minimum atomic E-state index is -0.972. The van der Waals surface area contributed by atoms with E-state index in [4.69, 9.17) is 0 Å². The van der Waals surface area contributed by atoms with Gasteiger partial charge in [-0.1, -0.05) is 30.3 Å². The van der Waals surface area contributed by atoms with Gasteiger partial charge in [0.05, 0.1) is 0 Å². The Morgan fingerprint density at radius 3 is 2.59 bits per heavy atom. The molecule has 3 nitrogen and oxygen atoms in total. The first-order chi connectivity index (χ1) is 8.16. The van der Waals surface area contributed by atoms with E-state index in [1.165, 1.54) is 0 Å². The van der Waals surface area contributed by atoms with Crippen molar-refractivity contribution in [3.63, 3.8) is 0 Å². The van der Waals surface area contributed by atoms with Gasteiger partial charge in [-0.3, -0.25) is 4.79 Å². The van der Waals surface area contributed by atoms with Crippen molar-refractivity contribution in [1.29, 1.82) is 0 Å². The molecule has 17 heavy (non-hydrogen) atoms. The highest BCUT2D eigenvalue weighted by Gasteiger charge is 2.17. The molecule has 2 aromatic rings. The second-order valence-electron chi connectivity index (χ2n) is 4.14. The molecule has 88 valence electrons. The summed E-state index contributed by atoms with van der Waals surface area (Å²) in [4.78, 5) is 11.9. The van der Waals surface area contributed by atoms with Gasteiger partial charge in [0, 0.05) is 31.4 Å². The third-order valence-corrected chi connectivity index (χ3v) is 2.68. The van der Waals surface area contributed by atoms with Gasteiger partial charge in [-0.05, 0) is 11.6 Å². The first-order valence-corrected chi connectivity index (χ1v) is 5.55. The number of hydrogen-bond donors (Lipinski definition) is 1. The van der Waals surface area contributed by atoms with Gasteiger partial charge >= 0.3 is 0 Å². The molecule has 1 N–H and O–H groups in total. The molecule has 0 aliphatic heterocycles. The molecule has 0 aliphatic rings. The molecule has 0 saturated carbocycles. The summed E-state index contributed by atoms with van der Waals surface area (Å²) in [6.45, 7) is 0. The molecule has 1 aromatic heterocycles. The number of nitrogens with zero attached hydrogens (tertiary/aromatic N) is 1. The van der Waals surface area contributed by atoms with Gasteiger partial charge < -0.3 is 9.67 Å². The lowest BCUT2D eigenvalue weighted by atomic mass is 10.0. The number of rotatable bonds is 4. The summed E-state index contributed by atoms with van der Waals surface area (Å²) in [5, 5.41) is 9.88. The first-order valence-electron chi connectivity index (χ1n) is 5.55. The summed E-state index contributed by atoms with van der Waals surface area (Å²) in [5.74, 6) is -0.227. The third kappa shape index (κ3) is 2.82. The average molecular weight is 229 g/mol. The van der Waals surface area contributed by atoms with E-state index in [0.717, 1.165) is 5.56 Å². The maximum Gasteiger partial charge on any atom is 0.191 e. The summed E-state index contributed by atoms with van der Waals surface area (Å²) in [7, 11) is 1.91. The smallest absolute Gasteiger partial charge is 0.191 e. The van der Waals surface area contributed by atoms with Crippen molar-refractivity contribution in [1.82, 2.24) is 4.57 Å². The number of carbonyl (C=O) groups is 1. The molecule has 0 bridgehead atoms. The van der Waals surface area contributed by atoms with Gasteiger partial charge in [0.1, 0.15) is 6.10 Å². The largest absolute Gasteiger partial charge is 0.385 e.